The highest BCUT2D eigenvalue weighted by molar-refractivity contribution is 7.99. The molecule has 186 valence electrons. The molecule has 35 heavy (non-hydrogen) atoms. The molecule has 10 heteroatoms. The lowest BCUT2D eigenvalue weighted by Gasteiger charge is -2.18. The molecular formula is C25H31N5O3S2. The van der Waals surface area contributed by atoms with Gasteiger partial charge in [0.05, 0.1) is 17.9 Å². The lowest BCUT2D eigenvalue weighted by atomic mass is 9.88. The number of nitrogens with one attached hydrogen (secondary N) is 1. The minimum atomic E-state index is -0.361. The first-order chi connectivity index (χ1) is 16.8. The predicted molar refractivity (Wildman–Crippen MR) is 142 cm³/mol. The van der Waals surface area contributed by atoms with Crippen LogP contribution in [0, 0.1) is 5.92 Å². The lowest BCUT2D eigenvalue weighted by Crippen LogP contribution is -2.18. The van der Waals surface area contributed by atoms with Crippen LogP contribution in [0.2, 0.25) is 0 Å². The minimum absolute atomic E-state index is 0.158. The van der Waals surface area contributed by atoms with E-state index in [1.165, 1.54) is 28.0 Å². The summed E-state index contributed by atoms with van der Waals surface area (Å²) in [6.45, 7) is 4.31. The Hall–Kier alpha value is -2.85. The predicted octanol–water partition coefficient (Wildman–Crippen LogP) is 4.64. The van der Waals surface area contributed by atoms with E-state index >= 15 is 0 Å². The van der Waals surface area contributed by atoms with E-state index in [2.05, 4.69) is 28.5 Å². The summed E-state index contributed by atoms with van der Waals surface area (Å²) >= 11 is 2.81. The highest BCUT2D eigenvalue weighted by Crippen LogP contribution is 2.40. The number of amides is 1. The maximum Gasteiger partial charge on any atom is 0.341 e. The average molecular weight is 514 g/mol. The van der Waals surface area contributed by atoms with Crippen LogP contribution in [0.1, 0.15) is 41.1 Å². The van der Waals surface area contributed by atoms with Crippen molar-refractivity contribution in [3.05, 3.63) is 40.3 Å². The quantitative estimate of drug-likeness (QED) is 0.347. The molecule has 1 aromatic carbocycles. The first-order valence-electron chi connectivity index (χ1n) is 11.7. The van der Waals surface area contributed by atoms with Crippen molar-refractivity contribution in [2.24, 2.45) is 13.0 Å². The van der Waals surface area contributed by atoms with Crippen LogP contribution >= 0.6 is 23.1 Å². The topological polar surface area (TPSA) is 89.3 Å². The first kappa shape index (κ1) is 25.2. The van der Waals surface area contributed by atoms with Crippen LogP contribution in [0.15, 0.2) is 29.4 Å². The molecule has 8 nitrogen and oxygen atoms in total. The SMILES string of the molecule is CCOC(=O)c1c(NC(=O)CSc2nnc(-c3cccc(N(C)C)c3)n2C)sc2c1CCC(C)C2. The lowest BCUT2D eigenvalue weighted by molar-refractivity contribution is -0.113. The number of aromatic nitrogens is 3. The van der Waals surface area contributed by atoms with Gasteiger partial charge in [-0.15, -0.1) is 21.5 Å². The van der Waals surface area contributed by atoms with Gasteiger partial charge in [-0.2, -0.15) is 0 Å². The summed E-state index contributed by atoms with van der Waals surface area (Å²) in [7, 11) is 5.88. The molecule has 1 aliphatic rings. The first-order valence-corrected chi connectivity index (χ1v) is 13.5. The number of anilines is 2. The molecule has 0 saturated carbocycles. The number of thioether (sulfide) groups is 1. The zero-order chi connectivity index (χ0) is 25.1. The number of ether oxygens (including phenoxy) is 1. The fourth-order valence-corrected chi connectivity index (χ4v) is 6.29. The Labute approximate surface area is 214 Å². The van der Waals surface area contributed by atoms with E-state index in [1.54, 1.807) is 6.92 Å². The summed E-state index contributed by atoms with van der Waals surface area (Å²) in [5, 5.41) is 12.8. The van der Waals surface area contributed by atoms with Crippen molar-refractivity contribution in [2.75, 3.05) is 36.7 Å². The zero-order valence-electron chi connectivity index (χ0n) is 20.8. The Morgan fingerprint density at radius 1 is 1.31 bits per heavy atom. The normalized spacial score (nSPS) is 14.9. The summed E-state index contributed by atoms with van der Waals surface area (Å²) in [6.07, 6.45) is 2.79. The molecule has 0 aliphatic heterocycles. The Balaban J connectivity index is 1.47. The number of esters is 1. The molecule has 1 unspecified atom stereocenters. The van der Waals surface area contributed by atoms with Crippen LogP contribution in [0.3, 0.4) is 0 Å². The third-order valence-electron chi connectivity index (χ3n) is 6.03. The van der Waals surface area contributed by atoms with Crippen LogP contribution in [-0.2, 0) is 29.4 Å². The van der Waals surface area contributed by atoms with Crippen molar-refractivity contribution in [1.82, 2.24) is 14.8 Å². The van der Waals surface area contributed by atoms with E-state index in [9.17, 15) is 9.59 Å². The van der Waals surface area contributed by atoms with Gasteiger partial charge in [-0.25, -0.2) is 4.79 Å². The highest BCUT2D eigenvalue weighted by Gasteiger charge is 2.29. The largest absolute Gasteiger partial charge is 0.462 e. The molecule has 0 bridgehead atoms. The van der Waals surface area contributed by atoms with Crippen LogP contribution in [0.5, 0.6) is 0 Å². The van der Waals surface area contributed by atoms with Crippen molar-refractivity contribution in [3.63, 3.8) is 0 Å². The molecule has 1 aliphatic carbocycles. The molecule has 4 rings (SSSR count). The summed E-state index contributed by atoms with van der Waals surface area (Å²) < 4.78 is 7.19. The third-order valence-corrected chi connectivity index (χ3v) is 8.22. The van der Waals surface area contributed by atoms with Gasteiger partial charge in [0.25, 0.3) is 0 Å². The molecule has 0 fully saturated rings. The second-order valence-corrected chi connectivity index (χ2v) is 11.0. The van der Waals surface area contributed by atoms with Gasteiger partial charge in [0.15, 0.2) is 11.0 Å². The fraction of sp³-hybridized carbons (Fsp3) is 0.440. The van der Waals surface area contributed by atoms with Gasteiger partial charge in [-0.3, -0.25) is 4.79 Å². The maximum atomic E-state index is 12.9. The van der Waals surface area contributed by atoms with E-state index in [1.807, 2.05) is 48.8 Å². The Bertz CT molecular complexity index is 1230. The van der Waals surface area contributed by atoms with E-state index in [4.69, 9.17) is 4.74 Å². The number of nitrogens with zero attached hydrogens (tertiary/aromatic N) is 4. The molecule has 1 N–H and O–H groups in total. The van der Waals surface area contributed by atoms with Gasteiger partial charge in [-0.05, 0) is 49.8 Å². The number of carbonyl (C=O) groups is 2. The molecular weight excluding hydrogens is 482 g/mol. The van der Waals surface area contributed by atoms with E-state index in [0.29, 0.717) is 28.2 Å². The minimum Gasteiger partial charge on any atom is -0.462 e. The average Bonchev–Trinajstić information content (AvgIpc) is 3.37. The van der Waals surface area contributed by atoms with Crippen LogP contribution in [0.25, 0.3) is 11.4 Å². The maximum absolute atomic E-state index is 12.9. The number of benzene rings is 1. The van der Waals surface area contributed by atoms with Gasteiger partial charge in [0, 0.05) is 37.3 Å². The molecule has 3 aromatic rings. The summed E-state index contributed by atoms with van der Waals surface area (Å²) in [6, 6.07) is 8.08. The van der Waals surface area contributed by atoms with Gasteiger partial charge < -0.3 is 19.5 Å². The number of hydrogen-bond acceptors (Lipinski definition) is 8. The Morgan fingerprint density at radius 3 is 2.86 bits per heavy atom. The molecule has 0 saturated heterocycles. The second-order valence-electron chi connectivity index (χ2n) is 8.92. The number of carbonyl (C=O) groups excluding carboxylic acids is 2. The zero-order valence-corrected chi connectivity index (χ0v) is 22.4. The monoisotopic (exact) mass is 513 g/mol. The molecule has 2 heterocycles. The molecule has 0 radical (unpaired) electrons. The summed E-state index contributed by atoms with van der Waals surface area (Å²) in [4.78, 5) is 28.8. The van der Waals surface area contributed by atoms with E-state index in [-0.39, 0.29) is 17.6 Å². The molecule has 0 spiro atoms. The number of fused-ring (bicyclic) bond motifs is 1. The van der Waals surface area contributed by atoms with Crippen molar-refractivity contribution < 1.29 is 14.3 Å². The molecule has 1 amide bonds. The van der Waals surface area contributed by atoms with Crippen LogP contribution in [0.4, 0.5) is 10.7 Å². The smallest absolute Gasteiger partial charge is 0.341 e. The van der Waals surface area contributed by atoms with Crippen molar-refractivity contribution >= 4 is 45.7 Å². The van der Waals surface area contributed by atoms with Gasteiger partial charge in [-0.1, -0.05) is 30.8 Å². The number of thiophene rings is 1. The van der Waals surface area contributed by atoms with Gasteiger partial charge in [0.1, 0.15) is 5.00 Å². The standard InChI is InChI=1S/C25H31N5O3S2/c1-6-33-24(32)21-18-11-10-15(2)12-19(18)35-23(21)26-20(31)14-34-25-28-27-22(30(25)5)16-8-7-9-17(13-16)29(3)4/h7-9,13,15H,6,10-12,14H2,1-5H3,(H,26,31). The van der Waals surface area contributed by atoms with E-state index in [0.717, 1.165) is 41.9 Å². The Morgan fingerprint density at radius 2 is 2.11 bits per heavy atom. The van der Waals surface area contributed by atoms with Crippen LogP contribution in [-0.4, -0.2) is 53.1 Å². The van der Waals surface area contributed by atoms with Crippen molar-refractivity contribution in [3.8, 4) is 11.4 Å². The van der Waals surface area contributed by atoms with E-state index < -0.39 is 0 Å². The van der Waals surface area contributed by atoms with Crippen LogP contribution < -0.4 is 10.2 Å². The molecule has 2 aromatic heterocycles. The second kappa shape index (κ2) is 10.8. The Kier molecular flexibility index (Phi) is 7.81. The number of hydrogen-bond donors (Lipinski definition) is 1. The van der Waals surface area contributed by atoms with Crippen molar-refractivity contribution in [2.45, 2.75) is 38.3 Å². The molecule has 1 atom stereocenters. The van der Waals surface area contributed by atoms with Gasteiger partial charge in [0.2, 0.25) is 5.91 Å². The fourth-order valence-electron chi connectivity index (χ4n) is 4.17. The number of rotatable bonds is 8. The third kappa shape index (κ3) is 5.54. The summed E-state index contributed by atoms with van der Waals surface area (Å²) in [5.41, 5.74) is 3.59. The van der Waals surface area contributed by atoms with Gasteiger partial charge >= 0.3 is 5.97 Å². The highest BCUT2D eigenvalue weighted by atomic mass is 32.2. The van der Waals surface area contributed by atoms with Crippen molar-refractivity contribution in [1.29, 1.82) is 0 Å². The summed E-state index contributed by atoms with van der Waals surface area (Å²) in [5.74, 6) is 0.914.